The minimum Gasteiger partial charge on any atom is -0.405 e. The van der Waals surface area contributed by atoms with Crippen LogP contribution in [0.4, 0.5) is 13.2 Å². The second-order valence-electron chi connectivity index (χ2n) is 4.19. The van der Waals surface area contributed by atoms with E-state index in [1.165, 1.54) is 12.1 Å². The largest absolute Gasteiger partial charge is 0.573 e. The summed E-state index contributed by atoms with van der Waals surface area (Å²) in [5.41, 5.74) is 2.93. The molecule has 0 aliphatic rings. The van der Waals surface area contributed by atoms with Crippen LogP contribution in [0, 0.1) is 0 Å². The Hall–Kier alpha value is -0.920. The van der Waals surface area contributed by atoms with Gasteiger partial charge in [-0.2, -0.15) is 11.8 Å². The first-order valence-electron chi connectivity index (χ1n) is 5.76. The molecule has 0 spiro atoms. The van der Waals surface area contributed by atoms with Crippen LogP contribution in [0.5, 0.6) is 5.75 Å². The van der Waals surface area contributed by atoms with Crippen molar-refractivity contribution in [1.82, 2.24) is 5.43 Å². The summed E-state index contributed by atoms with van der Waals surface area (Å²) < 4.78 is 41.0. The number of ether oxygens (including phenoxy) is 1. The smallest absolute Gasteiger partial charge is 0.405 e. The van der Waals surface area contributed by atoms with Gasteiger partial charge in [0.15, 0.2) is 0 Å². The van der Waals surface area contributed by atoms with Crippen molar-refractivity contribution in [3.63, 3.8) is 0 Å². The monoisotopic (exact) mass is 294 g/mol. The number of benzene rings is 1. The van der Waals surface area contributed by atoms with E-state index < -0.39 is 12.4 Å². The molecule has 1 atom stereocenters. The lowest BCUT2D eigenvalue weighted by atomic mass is 10.1. The van der Waals surface area contributed by atoms with Crippen molar-refractivity contribution in [2.45, 2.75) is 31.5 Å². The molecule has 0 heterocycles. The van der Waals surface area contributed by atoms with E-state index in [1.807, 2.05) is 13.8 Å². The molecule has 1 unspecified atom stereocenters. The maximum absolute atomic E-state index is 12.3. The molecule has 1 aromatic carbocycles. The Morgan fingerprint density at radius 1 is 1.32 bits per heavy atom. The number of nitrogens with two attached hydrogens (primary N) is 1. The van der Waals surface area contributed by atoms with Gasteiger partial charge in [0.25, 0.3) is 0 Å². The van der Waals surface area contributed by atoms with Gasteiger partial charge in [0.1, 0.15) is 5.75 Å². The Labute approximate surface area is 114 Å². The molecule has 0 amide bonds. The topological polar surface area (TPSA) is 47.3 Å². The Bertz CT molecular complexity index is 399. The minimum absolute atomic E-state index is 0.220. The van der Waals surface area contributed by atoms with Crippen LogP contribution in [0.3, 0.4) is 0 Å². The molecule has 1 rings (SSSR count). The normalized spacial score (nSPS) is 13.6. The van der Waals surface area contributed by atoms with Crippen LogP contribution in [0.1, 0.15) is 25.5 Å². The van der Waals surface area contributed by atoms with E-state index in [0.717, 1.165) is 0 Å². The molecular weight excluding hydrogens is 277 g/mol. The quantitative estimate of drug-likeness (QED) is 0.624. The van der Waals surface area contributed by atoms with Crippen LogP contribution in [0.25, 0.3) is 0 Å². The third-order valence-corrected chi connectivity index (χ3v) is 3.51. The number of alkyl halides is 3. The van der Waals surface area contributed by atoms with Gasteiger partial charge in [-0.15, -0.1) is 13.2 Å². The van der Waals surface area contributed by atoms with E-state index in [4.69, 9.17) is 5.84 Å². The number of nitrogens with one attached hydrogen (secondary N) is 1. The fourth-order valence-corrected chi connectivity index (χ4v) is 2.36. The molecule has 3 N–H and O–H groups in total. The van der Waals surface area contributed by atoms with Crippen molar-refractivity contribution in [2.75, 3.05) is 5.75 Å². The molecule has 1 aromatic rings. The maximum atomic E-state index is 12.3. The highest BCUT2D eigenvalue weighted by Gasteiger charge is 2.32. The molecule has 108 valence electrons. The lowest BCUT2D eigenvalue weighted by Gasteiger charge is -2.21. The van der Waals surface area contributed by atoms with Crippen molar-refractivity contribution in [3.05, 3.63) is 29.8 Å². The highest BCUT2D eigenvalue weighted by molar-refractivity contribution is 7.99. The van der Waals surface area contributed by atoms with E-state index in [2.05, 4.69) is 10.2 Å². The predicted octanol–water partition coefficient (Wildman–Crippen LogP) is 3.23. The maximum Gasteiger partial charge on any atom is 0.573 e. The van der Waals surface area contributed by atoms with Gasteiger partial charge in [-0.05, 0) is 11.3 Å². The molecule has 0 saturated heterocycles. The predicted molar refractivity (Wildman–Crippen MR) is 70.8 cm³/mol. The molecule has 0 saturated carbocycles. The van der Waals surface area contributed by atoms with Gasteiger partial charge in [0.2, 0.25) is 0 Å². The minimum atomic E-state index is -4.71. The van der Waals surface area contributed by atoms with Gasteiger partial charge in [-0.25, -0.2) is 0 Å². The van der Waals surface area contributed by atoms with E-state index in [-0.39, 0.29) is 5.75 Å². The van der Waals surface area contributed by atoms with E-state index in [1.54, 1.807) is 23.9 Å². The molecular formula is C12H17F3N2OS. The van der Waals surface area contributed by atoms with Crippen molar-refractivity contribution in [2.24, 2.45) is 5.84 Å². The second-order valence-corrected chi connectivity index (χ2v) is 5.80. The molecule has 0 radical (unpaired) electrons. The lowest BCUT2D eigenvalue weighted by molar-refractivity contribution is -0.275. The van der Waals surface area contributed by atoms with E-state index in [0.29, 0.717) is 16.6 Å². The Balaban J connectivity index is 2.90. The van der Waals surface area contributed by atoms with Crippen LogP contribution in [0.2, 0.25) is 0 Å². The Morgan fingerprint density at radius 2 is 1.95 bits per heavy atom. The van der Waals surface area contributed by atoms with Crippen LogP contribution in [0.15, 0.2) is 24.3 Å². The fraction of sp³-hybridized carbons (Fsp3) is 0.500. The van der Waals surface area contributed by atoms with Crippen LogP contribution < -0.4 is 16.0 Å². The highest BCUT2D eigenvalue weighted by Crippen LogP contribution is 2.31. The number of halogens is 3. The molecule has 7 heteroatoms. The molecule has 0 bridgehead atoms. The van der Waals surface area contributed by atoms with Gasteiger partial charge < -0.3 is 4.74 Å². The number of para-hydroxylation sites is 1. The van der Waals surface area contributed by atoms with Crippen molar-refractivity contribution in [1.29, 1.82) is 0 Å². The van der Waals surface area contributed by atoms with Crippen LogP contribution >= 0.6 is 11.8 Å². The zero-order valence-electron chi connectivity index (χ0n) is 10.7. The number of rotatable bonds is 6. The zero-order chi connectivity index (χ0) is 14.5. The van der Waals surface area contributed by atoms with Gasteiger partial charge >= 0.3 is 6.36 Å². The van der Waals surface area contributed by atoms with Gasteiger partial charge in [0, 0.05) is 11.3 Å². The summed E-state index contributed by atoms with van der Waals surface area (Å²) in [7, 11) is 0. The second kappa shape index (κ2) is 7.02. The van der Waals surface area contributed by atoms with Crippen molar-refractivity contribution < 1.29 is 17.9 Å². The number of hydrogen-bond donors (Lipinski definition) is 2. The zero-order valence-corrected chi connectivity index (χ0v) is 11.5. The molecule has 0 fully saturated rings. The van der Waals surface area contributed by atoms with E-state index >= 15 is 0 Å². The average molecular weight is 294 g/mol. The number of hydrazine groups is 1. The number of hydrogen-bond acceptors (Lipinski definition) is 4. The third-order valence-electron chi connectivity index (χ3n) is 2.32. The van der Waals surface area contributed by atoms with Crippen LogP contribution in [-0.4, -0.2) is 17.4 Å². The van der Waals surface area contributed by atoms with Crippen molar-refractivity contribution >= 4 is 11.8 Å². The first-order valence-corrected chi connectivity index (χ1v) is 6.80. The van der Waals surface area contributed by atoms with Crippen LogP contribution in [-0.2, 0) is 0 Å². The fourth-order valence-electron chi connectivity index (χ4n) is 1.50. The summed E-state index contributed by atoms with van der Waals surface area (Å²) in [5.74, 6) is 5.77. The van der Waals surface area contributed by atoms with Gasteiger partial charge in [-0.1, -0.05) is 32.0 Å². The average Bonchev–Trinajstić information content (AvgIpc) is 2.29. The Morgan fingerprint density at radius 3 is 2.47 bits per heavy atom. The molecule has 0 aliphatic carbocycles. The SMILES string of the molecule is CC(C)SCC(NN)c1ccccc1OC(F)(F)F. The summed E-state index contributed by atoms with van der Waals surface area (Å²) in [6, 6.07) is 5.61. The number of thioether (sulfide) groups is 1. The molecule has 3 nitrogen and oxygen atoms in total. The summed E-state index contributed by atoms with van der Waals surface area (Å²) in [4.78, 5) is 0. The van der Waals surface area contributed by atoms with Crippen molar-refractivity contribution in [3.8, 4) is 5.75 Å². The highest BCUT2D eigenvalue weighted by atomic mass is 32.2. The molecule has 19 heavy (non-hydrogen) atoms. The molecule has 0 aliphatic heterocycles. The van der Waals surface area contributed by atoms with E-state index in [9.17, 15) is 13.2 Å². The first kappa shape index (κ1) is 16.1. The third kappa shape index (κ3) is 5.71. The lowest BCUT2D eigenvalue weighted by Crippen LogP contribution is -2.31. The van der Waals surface area contributed by atoms with Gasteiger partial charge in [-0.3, -0.25) is 11.3 Å². The summed E-state index contributed by atoms with van der Waals surface area (Å²) in [6.07, 6.45) is -4.71. The summed E-state index contributed by atoms with van der Waals surface area (Å²) in [5, 5.41) is 0.367. The Kier molecular flexibility index (Phi) is 5.96. The standard InChI is InChI=1S/C12H17F3N2OS/c1-8(2)19-7-10(17-16)9-5-3-4-6-11(9)18-12(13,14)15/h3-6,8,10,17H,7,16H2,1-2H3. The first-order chi connectivity index (χ1) is 8.83. The summed E-state index contributed by atoms with van der Waals surface area (Å²) >= 11 is 1.61. The summed E-state index contributed by atoms with van der Waals surface area (Å²) in [6.45, 7) is 4.02. The van der Waals surface area contributed by atoms with Gasteiger partial charge in [0.05, 0.1) is 6.04 Å². The molecule has 0 aromatic heterocycles.